The molecule has 0 bridgehead atoms. The zero-order valence-corrected chi connectivity index (χ0v) is 27.5. The molecule has 0 aromatic rings. The minimum Gasteiger partial charge on any atom is -0.463 e. The fourth-order valence-electron chi connectivity index (χ4n) is 4.54. The third kappa shape index (κ3) is 11.4. The lowest BCUT2D eigenvalue weighted by Gasteiger charge is -2.48. The number of thiol groups is 1. The van der Waals surface area contributed by atoms with Crippen LogP contribution in [0.4, 0.5) is 0 Å². The van der Waals surface area contributed by atoms with Crippen molar-refractivity contribution in [3.05, 3.63) is 0 Å². The summed E-state index contributed by atoms with van der Waals surface area (Å²) in [4.78, 5) is 71.9. The molecule has 250 valence electrons. The first-order valence-corrected chi connectivity index (χ1v) is 15.2. The Labute approximate surface area is 264 Å². The Morgan fingerprint density at radius 2 is 1.09 bits per heavy atom. The van der Waals surface area contributed by atoms with Crippen LogP contribution in [-0.4, -0.2) is 114 Å². The maximum Gasteiger partial charge on any atom is 0.303 e. The lowest BCUT2D eigenvalue weighted by Crippen LogP contribution is -2.63. The lowest BCUT2D eigenvalue weighted by atomic mass is 9.99. The van der Waals surface area contributed by atoms with E-state index in [1.54, 1.807) is 13.8 Å². The van der Waals surface area contributed by atoms with Gasteiger partial charge in [-0.15, -0.1) is 11.8 Å². The van der Waals surface area contributed by atoms with Gasteiger partial charge in [-0.25, -0.2) is 0 Å². The van der Waals surface area contributed by atoms with Crippen LogP contribution in [0.5, 0.6) is 0 Å². The van der Waals surface area contributed by atoms with Crippen molar-refractivity contribution >= 4 is 60.2 Å². The molecule has 17 heteroatoms. The lowest BCUT2D eigenvalue weighted by molar-refractivity contribution is -0.259. The summed E-state index contributed by atoms with van der Waals surface area (Å²) in [6.07, 6.45) is -8.71. The third-order valence-electron chi connectivity index (χ3n) is 6.02. The van der Waals surface area contributed by atoms with Crippen molar-refractivity contribution < 1.29 is 71.4 Å². The summed E-state index contributed by atoms with van der Waals surface area (Å²) >= 11 is 5.75. The maximum atomic E-state index is 12.3. The molecule has 0 unspecified atom stereocenters. The number of carbonyl (C=O) groups excluding carboxylic acids is 6. The first kappa shape index (κ1) is 37.6. The van der Waals surface area contributed by atoms with Crippen molar-refractivity contribution in [2.24, 2.45) is 0 Å². The second kappa shape index (κ2) is 17.2. The molecule has 44 heavy (non-hydrogen) atoms. The molecular weight excluding hydrogens is 628 g/mol. The fraction of sp³-hybridized carbons (Fsp3) is 0.778. The molecule has 2 heterocycles. The quantitative estimate of drug-likeness (QED) is 0.177. The smallest absolute Gasteiger partial charge is 0.303 e. The van der Waals surface area contributed by atoms with Crippen LogP contribution in [-0.2, 0) is 71.4 Å². The third-order valence-corrected chi connectivity index (χ3v) is 8.39. The number of hydrogen-bond donors (Lipinski definition) is 1. The van der Waals surface area contributed by atoms with E-state index in [1.807, 2.05) is 0 Å². The van der Waals surface area contributed by atoms with E-state index in [0.29, 0.717) is 0 Å². The van der Waals surface area contributed by atoms with Gasteiger partial charge in [-0.3, -0.25) is 28.8 Å². The molecule has 0 N–H and O–H groups in total. The van der Waals surface area contributed by atoms with Gasteiger partial charge >= 0.3 is 35.8 Å². The Kier molecular flexibility index (Phi) is 14.7. The largest absolute Gasteiger partial charge is 0.463 e. The van der Waals surface area contributed by atoms with E-state index >= 15 is 0 Å². The molecule has 0 radical (unpaired) electrons. The SMILES string of the molecule is CC(=O)OC[C@H]1O[C@@H](S[C@H]2[C@H](S)[C@@H](OC(C)=O)[C@@H](OC(C)C)O[C@@H]2COC(C)=O)[C@H](OC(C)=O)[C@@H](OC(C)=O)[C@H]1OC(C)=O. The summed E-state index contributed by atoms with van der Waals surface area (Å²) in [5, 5.41) is -1.65. The average Bonchev–Trinajstić information content (AvgIpc) is 2.87. The predicted molar refractivity (Wildman–Crippen MR) is 153 cm³/mol. The van der Waals surface area contributed by atoms with Gasteiger partial charge in [0.2, 0.25) is 0 Å². The summed E-state index contributed by atoms with van der Waals surface area (Å²) in [6, 6.07) is 0. The number of esters is 6. The maximum absolute atomic E-state index is 12.3. The summed E-state index contributed by atoms with van der Waals surface area (Å²) in [5.41, 5.74) is -1.20. The van der Waals surface area contributed by atoms with Crippen LogP contribution < -0.4 is 0 Å². The Balaban J connectivity index is 2.59. The van der Waals surface area contributed by atoms with E-state index in [9.17, 15) is 28.8 Å². The van der Waals surface area contributed by atoms with Gasteiger partial charge < -0.3 is 42.6 Å². The molecule has 0 aromatic heterocycles. The van der Waals surface area contributed by atoms with E-state index in [4.69, 9.17) is 55.3 Å². The number of carbonyl (C=O) groups is 6. The van der Waals surface area contributed by atoms with Gasteiger partial charge in [0.1, 0.15) is 30.9 Å². The summed E-state index contributed by atoms with van der Waals surface area (Å²) in [6.45, 7) is 9.76. The molecule has 0 saturated carbocycles. The highest BCUT2D eigenvalue weighted by Crippen LogP contribution is 2.42. The van der Waals surface area contributed by atoms with Crippen molar-refractivity contribution in [1.82, 2.24) is 0 Å². The first-order valence-electron chi connectivity index (χ1n) is 13.8. The van der Waals surface area contributed by atoms with Crippen LogP contribution in [0.25, 0.3) is 0 Å². The molecule has 2 saturated heterocycles. The molecule has 2 aliphatic rings. The van der Waals surface area contributed by atoms with E-state index in [-0.39, 0.29) is 12.7 Å². The predicted octanol–water partition coefficient (Wildman–Crippen LogP) is 1.11. The highest BCUT2D eigenvalue weighted by Gasteiger charge is 2.56. The van der Waals surface area contributed by atoms with Crippen LogP contribution in [0.3, 0.4) is 0 Å². The van der Waals surface area contributed by atoms with Crippen LogP contribution in [0, 0.1) is 0 Å². The second-order valence-corrected chi connectivity index (χ2v) is 12.1. The number of hydrogen-bond acceptors (Lipinski definition) is 17. The zero-order valence-electron chi connectivity index (χ0n) is 25.7. The van der Waals surface area contributed by atoms with Crippen molar-refractivity contribution in [2.75, 3.05) is 13.2 Å². The summed E-state index contributed by atoms with van der Waals surface area (Å²) < 4.78 is 50.6. The van der Waals surface area contributed by atoms with Crippen LogP contribution in [0.2, 0.25) is 0 Å². The zero-order chi connectivity index (χ0) is 33.3. The van der Waals surface area contributed by atoms with Gasteiger partial charge in [0.05, 0.1) is 16.6 Å². The molecule has 0 amide bonds. The molecule has 0 aliphatic carbocycles. The molecule has 10 atom stereocenters. The van der Waals surface area contributed by atoms with Gasteiger partial charge in [0.25, 0.3) is 0 Å². The highest BCUT2D eigenvalue weighted by atomic mass is 32.2. The van der Waals surface area contributed by atoms with Crippen molar-refractivity contribution in [3.63, 3.8) is 0 Å². The molecular formula is C27H40O15S2. The van der Waals surface area contributed by atoms with E-state index < -0.39 is 101 Å². The Morgan fingerprint density at radius 1 is 0.636 bits per heavy atom. The monoisotopic (exact) mass is 668 g/mol. The summed E-state index contributed by atoms with van der Waals surface area (Å²) in [5.74, 6) is -4.22. The molecule has 2 rings (SSSR count). The van der Waals surface area contributed by atoms with Crippen molar-refractivity contribution in [3.8, 4) is 0 Å². The topological polar surface area (TPSA) is 185 Å². The van der Waals surface area contributed by atoms with E-state index in [2.05, 4.69) is 0 Å². The first-order chi connectivity index (χ1) is 20.5. The van der Waals surface area contributed by atoms with Gasteiger partial charge in [0.15, 0.2) is 30.7 Å². The highest BCUT2D eigenvalue weighted by molar-refractivity contribution is 8.01. The van der Waals surface area contributed by atoms with Crippen LogP contribution >= 0.6 is 24.4 Å². The van der Waals surface area contributed by atoms with Gasteiger partial charge in [-0.2, -0.15) is 12.6 Å². The van der Waals surface area contributed by atoms with Crippen LogP contribution in [0.15, 0.2) is 0 Å². The number of thioether (sulfide) groups is 1. The minimum atomic E-state index is -1.40. The van der Waals surface area contributed by atoms with Gasteiger partial charge in [-0.1, -0.05) is 0 Å². The second-order valence-electron chi connectivity index (χ2n) is 10.3. The van der Waals surface area contributed by atoms with Gasteiger partial charge in [0, 0.05) is 41.5 Å². The van der Waals surface area contributed by atoms with Crippen LogP contribution in [0.1, 0.15) is 55.4 Å². The Hall–Kier alpha value is -2.60. The molecule has 2 fully saturated rings. The van der Waals surface area contributed by atoms with E-state index in [1.165, 1.54) is 13.8 Å². The standard InChI is InChI=1S/C27H40O15S2/c1-11(2)36-26-23(40-17(8)33)24(43)25(19(41-26)10-35-13(4)29)44-27-22(39-16(7)32)21(38-15(6)31)20(37-14(5)30)18(42-27)9-34-12(3)28/h11,18-27,43H,9-10H2,1-8H3/t18-,19-,20+,21+,22-,23-,24-,25-,26+,27+/m1/s1. The fourth-order valence-corrected chi connectivity index (χ4v) is 6.66. The summed E-state index contributed by atoms with van der Waals surface area (Å²) in [7, 11) is 0. The Morgan fingerprint density at radius 3 is 1.57 bits per heavy atom. The molecule has 2 aliphatic heterocycles. The number of ether oxygens (including phenoxy) is 9. The van der Waals surface area contributed by atoms with E-state index in [0.717, 1.165) is 39.5 Å². The number of rotatable bonds is 12. The van der Waals surface area contributed by atoms with Crippen molar-refractivity contribution in [1.29, 1.82) is 0 Å². The average molecular weight is 669 g/mol. The minimum absolute atomic E-state index is 0.264. The van der Waals surface area contributed by atoms with Gasteiger partial charge in [-0.05, 0) is 13.8 Å². The van der Waals surface area contributed by atoms with Crippen molar-refractivity contribution in [2.45, 2.75) is 120 Å². The molecule has 15 nitrogen and oxygen atoms in total. The molecule has 0 aromatic carbocycles. The normalized spacial score (nSPS) is 31.8. The molecule has 0 spiro atoms. The Bertz CT molecular complexity index is 1050.